The molecule has 0 saturated heterocycles. The lowest BCUT2D eigenvalue weighted by Gasteiger charge is -2.14. The van der Waals surface area contributed by atoms with Crippen LogP contribution in [0.2, 0.25) is 0 Å². The summed E-state index contributed by atoms with van der Waals surface area (Å²) < 4.78 is 16.1. The third-order valence-electron chi connectivity index (χ3n) is 2.35. The van der Waals surface area contributed by atoms with Gasteiger partial charge >= 0.3 is 0 Å². The van der Waals surface area contributed by atoms with E-state index in [1.54, 1.807) is 21.1 Å². The molecule has 0 aromatic heterocycles. The molecule has 102 valence electrons. The van der Waals surface area contributed by atoms with E-state index in [9.17, 15) is 0 Å². The number of methoxy groups -OCH3 is 2. The Kier molecular flexibility index (Phi) is 6.32. The fourth-order valence-corrected chi connectivity index (χ4v) is 1.50. The minimum absolute atomic E-state index is 0.356. The Hall–Kier alpha value is -1.46. The molecule has 18 heavy (non-hydrogen) atoms. The molecule has 0 aliphatic rings. The zero-order valence-electron chi connectivity index (χ0n) is 11.1. The second-order valence-corrected chi connectivity index (χ2v) is 3.89. The Bertz CT molecular complexity index is 333. The van der Waals surface area contributed by atoms with Gasteiger partial charge in [0.1, 0.15) is 6.61 Å². The smallest absolute Gasteiger partial charge is 0.203 e. The van der Waals surface area contributed by atoms with E-state index in [2.05, 4.69) is 5.32 Å². The van der Waals surface area contributed by atoms with Crippen molar-refractivity contribution in [1.29, 1.82) is 0 Å². The summed E-state index contributed by atoms with van der Waals surface area (Å²) in [5.41, 5.74) is 0. The first-order valence-corrected chi connectivity index (χ1v) is 5.91. The highest BCUT2D eigenvalue weighted by Gasteiger charge is 2.10. The largest absolute Gasteiger partial charge is 0.493 e. The molecule has 5 nitrogen and oxygen atoms in total. The van der Waals surface area contributed by atoms with Crippen molar-refractivity contribution in [3.8, 4) is 17.2 Å². The van der Waals surface area contributed by atoms with Gasteiger partial charge in [0.25, 0.3) is 0 Å². The van der Waals surface area contributed by atoms with Crippen LogP contribution in [-0.4, -0.2) is 45.1 Å². The first kappa shape index (κ1) is 14.6. The molecule has 0 spiro atoms. The quantitative estimate of drug-likeness (QED) is 0.680. The molecular formula is C13H21NO4. The van der Waals surface area contributed by atoms with Crippen molar-refractivity contribution in [3.63, 3.8) is 0 Å². The van der Waals surface area contributed by atoms with Gasteiger partial charge in [-0.05, 0) is 19.1 Å². The predicted octanol–water partition coefficient (Wildman–Crippen LogP) is 1.05. The van der Waals surface area contributed by atoms with Crippen LogP contribution in [0.15, 0.2) is 18.2 Å². The Balaban J connectivity index is 2.50. The summed E-state index contributed by atoms with van der Waals surface area (Å²) in [6.07, 6.45) is -0.356. The number of para-hydroxylation sites is 1. The number of aliphatic hydroxyl groups excluding tert-OH is 1. The van der Waals surface area contributed by atoms with Crippen LogP contribution < -0.4 is 19.5 Å². The first-order chi connectivity index (χ1) is 8.69. The summed E-state index contributed by atoms with van der Waals surface area (Å²) in [6.45, 7) is 3.40. The van der Waals surface area contributed by atoms with Gasteiger partial charge in [-0.2, -0.15) is 0 Å². The molecule has 0 aliphatic carbocycles. The van der Waals surface area contributed by atoms with E-state index in [-0.39, 0.29) is 6.10 Å². The number of ether oxygens (including phenoxy) is 3. The van der Waals surface area contributed by atoms with Crippen molar-refractivity contribution in [3.05, 3.63) is 18.2 Å². The van der Waals surface area contributed by atoms with E-state index < -0.39 is 0 Å². The van der Waals surface area contributed by atoms with Gasteiger partial charge in [-0.15, -0.1) is 0 Å². The molecule has 0 fully saturated rings. The molecule has 1 aromatic carbocycles. The molecule has 0 saturated carbocycles. The molecule has 1 aromatic rings. The maximum absolute atomic E-state index is 9.09. The fourth-order valence-electron chi connectivity index (χ4n) is 1.50. The number of hydrogen-bond acceptors (Lipinski definition) is 5. The summed E-state index contributed by atoms with van der Waals surface area (Å²) in [7, 11) is 3.18. The summed E-state index contributed by atoms with van der Waals surface area (Å²) in [5, 5.41) is 12.2. The lowest BCUT2D eigenvalue weighted by Crippen LogP contribution is -2.28. The Morgan fingerprint density at radius 3 is 2.33 bits per heavy atom. The van der Waals surface area contributed by atoms with Gasteiger partial charge in [-0.1, -0.05) is 6.07 Å². The molecule has 0 unspecified atom stereocenters. The third-order valence-corrected chi connectivity index (χ3v) is 2.35. The maximum Gasteiger partial charge on any atom is 0.203 e. The molecule has 0 bridgehead atoms. The lowest BCUT2D eigenvalue weighted by atomic mass is 10.3. The SMILES string of the molecule is COc1cccc(OC)c1OCCNC[C@H](C)O. The molecule has 1 rings (SSSR count). The number of nitrogens with one attached hydrogen (secondary N) is 1. The monoisotopic (exact) mass is 255 g/mol. The molecule has 5 heteroatoms. The van der Waals surface area contributed by atoms with Gasteiger partial charge in [0.2, 0.25) is 5.75 Å². The predicted molar refractivity (Wildman–Crippen MR) is 69.6 cm³/mol. The second kappa shape index (κ2) is 7.79. The van der Waals surface area contributed by atoms with E-state index in [4.69, 9.17) is 19.3 Å². The number of rotatable bonds is 8. The van der Waals surface area contributed by atoms with Gasteiger partial charge in [0.05, 0.1) is 20.3 Å². The maximum atomic E-state index is 9.09. The average molecular weight is 255 g/mol. The molecule has 0 aliphatic heterocycles. The highest BCUT2D eigenvalue weighted by atomic mass is 16.5. The Morgan fingerprint density at radius 1 is 1.22 bits per heavy atom. The Labute approximate surface area is 108 Å². The summed E-state index contributed by atoms with van der Waals surface area (Å²) in [6, 6.07) is 5.48. The summed E-state index contributed by atoms with van der Waals surface area (Å²) >= 11 is 0. The van der Waals surface area contributed by atoms with Crippen LogP contribution in [0.4, 0.5) is 0 Å². The van der Waals surface area contributed by atoms with Gasteiger partial charge in [0.15, 0.2) is 11.5 Å². The van der Waals surface area contributed by atoms with Crippen molar-refractivity contribution in [1.82, 2.24) is 5.32 Å². The number of benzene rings is 1. The minimum atomic E-state index is -0.356. The summed E-state index contributed by atoms with van der Waals surface area (Å²) in [4.78, 5) is 0. The highest BCUT2D eigenvalue weighted by Crippen LogP contribution is 2.36. The zero-order valence-corrected chi connectivity index (χ0v) is 11.1. The van der Waals surface area contributed by atoms with Crippen LogP contribution >= 0.6 is 0 Å². The molecule has 1 atom stereocenters. The van der Waals surface area contributed by atoms with Crippen LogP contribution in [0.3, 0.4) is 0 Å². The molecule has 0 amide bonds. The first-order valence-electron chi connectivity index (χ1n) is 5.91. The van der Waals surface area contributed by atoms with Crippen LogP contribution in [0.5, 0.6) is 17.2 Å². The molecule has 0 radical (unpaired) electrons. The van der Waals surface area contributed by atoms with Gasteiger partial charge in [-0.25, -0.2) is 0 Å². The van der Waals surface area contributed by atoms with E-state index >= 15 is 0 Å². The van der Waals surface area contributed by atoms with Gasteiger partial charge in [0, 0.05) is 13.1 Å². The van der Waals surface area contributed by atoms with E-state index in [0.717, 1.165) is 0 Å². The Morgan fingerprint density at radius 2 is 1.83 bits per heavy atom. The van der Waals surface area contributed by atoms with Crippen LogP contribution in [-0.2, 0) is 0 Å². The zero-order chi connectivity index (χ0) is 13.4. The average Bonchev–Trinajstić information content (AvgIpc) is 2.37. The van der Waals surface area contributed by atoms with Gasteiger partial charge in [-0.3, -0.25) is 0 Å². The van der Waals surface area contributed by atoms with E-state index in [1.807, 2.05) is 18.2 Å². The normalized spacial score (nSPS) is 12.0. The molecule has 0 heterocycles. The molecule has 2 N–H and O–H groups in total. The molecular weight excluding hydrogens is 234 g/mol. The standard InChI is InChI=1S/C13H21NO4/c1-10(15)9-14-7-8-18-13-11(16-2)5-4-6-12(13)17-3/h4-6,10,14-15H,7-9H2,1-3H3/t10-/m0/s1. The van der Waals surface area contributed by atoms with Crippen LogP contribution in [0, 0.1) is 0 Å². The van der Waals surface area contributed by atoms with Crippen molar-refractivity contribution in [2.24, 2.45) is 0 Å². The van der Waals surface area contributed by atoms with Crippen molar-refractivity contribution in [2.75, 3.05) is 33.9 Å². The number of aliphatic hydroxyl groups is 1. The summed E-state index contributed by atoms with van der Waals surface area (Å²) in [5.74, 6) is 1.89. The highest BCUT2D eigenvalue weighted by molar-refractivity contribution is 5.51. The topological polar surface area (TPSA) is 60.0 Å². The van der Waals surface area contributed by atoms with Crippen molar-refractivity contribution >= 4 is 0 Å². The van der Waals surface area contributed by atoms with Crippen molar-refractivity contribution in [2.45, 2.75) is 13.0 Å². The van der Waals surface area contributed by atoms with E-state index in [1.165, 1.54) is 0 Å². The second-order valence-electron chi connectivity index (χ2n) is 3.89. The fraction of sp³-hybridized carbons (Fsp3) is 0.538. The van der Waals surface area contributed by atoms with Crippen LogP contribution in [0.25, 0.3) is 0 Å². The third kappa shape index (κ3) is 4.43. The lowest BCUT2D eigenvalue weighted by molar-refractivity contribution is 0.187. The minimum Gasteiger partial charge on any atom is -0.493 e. The van der Waals surface area contributed by atoms with E-state index in [0.29, 0.717) is 36.9 Å². The van der Waals surface area contributed by atoms with Gasteiger partial charge < -0.3 is 24.6 Å². The van der Waals surface area contributed by atoms with Crippen LogP contribution in [0.1, 0.15) is 6.92 Å². The number of hydrogen-bond donors (Lipinski definition) is 2. The van der Waals surface area contributed by atoms with Crippen molar-refractivity contribution < 1.29 is 19.3 Å².